The van der Waals surface area contributed by atoms with E-state index in [1.54, 1.807) is 0 Å². The highest BCUT2D eigenvalue weighted by Gasteiger charge is 2.34. The summed E-state index contributed by atoms with van der Waals surface area (Å²) in [5, 5.41) is 3.01. The summed E-state index contributed by atoms with van der Waals surface area (Å²) in [6.07, 6.45) is 2.06. The van der Waals surface area contributed by atoms with Crippen LogP contribution < -0.4 is 5.32 Å². The monoisotopic (exact) mass is 99.1 g/mol. The minimum absolute atomic E-state index is 0.324. The Hall–Kier alpha value is -0.370. The number of nitrogens with one attached hydrogen (secondary N) is 1. The van der Waals surface area contributed by atoms with Crippen LogP contribution in [-0.2, 0) is 4.79 Å². The van der Waals surface area contributed by atoms with Crippen molar-refractivity contribution in [1.82, 2.24) is 5.32 Å². The first kappa shape index (κ1) is 4.78. The van der Waals surface area contributed by atoms with E-state index in [2.05, 4.69) is 5.32 Å². The molecule has 2 heteroatoms. The summed E-state index contributed by atoms with van der Waals surface area (Å²) >= 11 is 0. The first-order valence-corrected chi connectivity index (χ1v) is 2.51. The second-order valence-corrected chi connectivity index (χ2v) is 1.93. The molecule has 0 bridgehead atoms. The molecule has 0 aromatic rings. The molecule has 1 rings (SSSR count). The molecule has 1 aliphatic carbocycles. The van der Waals surface area contributed by atoms with Crippen molar-refractivity contribution in [1.29, 1.82) is 0 Å². The van der Waals surface area contributed by atoms with Crippen LogP contribution in [0.2, 0.25) is 0 Å². The molecule has 0 aromatic heterocycles. The zero-order chi connectivity index (χ0) is 5.28. The molecule has 0 heterocycles. The minimum Gasteiger partial charge on any atom is -0.316 e. The van der Waals surface area contributed by atoms with E-state index in [4.69, 9.17) is 0 Å². The predicted octanol–water partition coefficient (Wildman–Crippen LogP) is -0.207. The van der Waals surface area contributed by atoms with Gasteiger partial charge in [-0.1, -0.05) is 0 Å². The Morgan fingerprint density at radius 2 is 2.57 bits per heavy atom. The maximum Gasteiger partial charge on any atom is 0.124 e. The average Bonchev–Trinajstić information content (AvgIpc) is 2.43. The Morgan fingerprint density at radius 3 is 2.71 bits per heavy atom. The van der Waals surface area contributed by atoms with E-state index < -0.39 is 0 Å². The molecule has 1 aliphatic rings. The molecule has 0 radical (unpaired) electrons. The van der Waals surface area contributed by atoms with Crippen LogP contribution in [0.4, 0.5) is 0 Å². The van der Waals surface area contributed by atoms with E-state index >= 15 is 0 Å². The van der Waals surface area contributed by atoms with Crippen LogP contribution in [0, 0.1) is 5.92 Å². The number of rotatable bonds is 2. The fourth-order valence-electron chi connectivity index (χ4n) is 0.697. The van der Waals surface area contributed by atoms with Crippen molar-refractivity contribution in [3.05, 3.63) is 0 Å². The summed E-state index contributed by atoms with van der Waals surface area (Å²) in [6, 6.07) is 0.498. The summed E-state index contributed by atoms with van der Waals surface area (Å²) < 4.78 is 0. The van der Waals surface area contributed by atoms with Crippen molar-refractivity contribution in [3.8, 4) is 0 Å². The van der Waals surface area contributed by atoms with E-state index in [0.29, 0.717) is 12.0 Å². The van der Waals surface area contributed by atoms with Crippen LogP contribution >= 0.6 is 0 Å². The lowest BCUT2D eigenvalue weighted by molar-refractivity contribution is -0.108. The van der Waals surface area contributed by atoms with E-state index in [0.717, 1.165) is 12.7 Å². The Bertz CT molecular complexity index is 82.1. The van der Waals surface area contributed by atoms with E-state index in [9.17, 15) is 4.79 Å². The fraction of sp³-hybridized carbons (Fsp3) is 0.800. The highest BCUT2D eigenvalue weighted by molar-refractivity contribution is 5.59. The van der Waals surface area contributed by atoms with Gasteiger partial charge in [0.1, 0.15) is 6.29 Å². The van der Waals surface area contributed by atoms with Gasteiger partial charge in [-0.15, -0.1) is 0 Å². The minimum atomic E-state index is 0.324. The average molecular weight is 99.1 g/mol. The molecule has 2 nitrogen and oxygen atoms in total. The van der Waals surface area contributed by atoms with Crippen molar-refractivity contribution in [2.24, 2.45) is 5.92 Å². The lowest BCUT2D eigenvalue weighted by atomic mass is 10.5. The second kappa shape index (κ2) is 1.62. The number of carbonyl (C=O) groups excluding carboxylic acids is 1. The van der Waals surface area contributed by atoms with Gasteiger partial charge in [-0.05, 0) is 13.5 Å². The molecule has 0 amide bonds. The number of hydrogen-bond donors (Lipinski definition) is 1. The van der Waals surface area contributed by atoms with Crippen molar-refractivity contribution < 1.29 is 4.79 Å². The summed E-state index contributed by atoms with van der Waals surface area (Å²) in [5.41, 5.74) is 0. The van der Waals surface area contributed by atoms with Gasteiger partial charge in [0.15, 0.2) is 0 Å². The summed E-state index contributed by atoms with van der Waals surface area (Å²) in [6.45, 7) is 0. The molecule has 2 unspecified atom stereocenters. The van der Waals surface area contributed by atoms with Gasteiger partial charge in [-0.2, -0.15) is 0 Å². The lowest BCUT2D eigenvalue weighted by Crippen LogP contribution is -2.10. The quantitative estimate of drug-likeness (QED) is 0.485. The zero-order valence-corrected chi connectivity index (χ0v) is 4.35. The topological polar surface area (TPSA) is 29.1 Å². The molecule has 2 atom stereocenters. The summed E-state index contributed by atoms with van der Waals surface area (Å²) in [4.78, 5) is 9.90. The molecule has 0 aromatic carbocycles. The van der Waals surface area contributed by atoms with Crippen LogP contribution in [0.15, 0.2) is 0 Å². The van der Waals surface area contributed by atoms with Gasteiger partial charge in [0.05, 0.1) is 0 Å². The Kier molecular flexibility index (Phi) is 1.11. The van der Waals surface area contributed by atoms with Crippen LogP contribution in [0.3, 0.4) is 0 Å². The molecular weight excluding hydrogens is 90.1 g/mol. The van der Waals surface area contributed by atoms with E-state index in [1.165, 1.54) is 0 Å². The van der Waals surface area contributed by atoms with Gasteiger partial charge in [-0.3, -0.25) is 0 Å². The van der Waals surface area contributed by atoms with E-state index in [1.807, 2.05) is 7.05 Å². The molecule has 40 valence electrons. The maximum absolute atomic E-state index is 9.90. The maximum atomic E-state index is 9.90. The van der Waals surface area contributed by atoms with Crippen LogP contribution in [0.1, 0.15) is 6.42 Å². The number of aldehydes is 1. The molecule has 1 fully saturated rings. The third-order valence-electron chi connectivity index (χ3n) is 1.39. The fourth-order valence-corrected chi connectivity index (χ4v) is 0.697. The van der Waals surface area contributed by atoms with Crippen molar-refractivity contribution in [3.63, 3.8) is 0 Å². The van der Waals surface area contributed by atoms with Crippen LogP contribution in [-0.4, -0.2) is 19.4 Å². The zero-order valence-electron chi connectivity index (χ0n) is 4.35. The van der Waals surface area contributed by atoms with Gasteiger partial charge in [0.25, 0.3) is 0 Å². The van der Waals surface area contributed by atoms with Crippen molar-refractivity contribution >= 4 is 6.29 Å². The Morgan fingerprint density at radius 1 is 1.86 bits per heavy atom. The smallest absolute Gasteiger partial charge is 0.124 e. The largest absolute Gasteiger partial charge is 0.316 e. The molecule has 7 heavy (non-hydrogen) atoms. The van der Waals surface area contributed by atoms with Crippen LogP contribution in [0.25, 0.3) is 0 Å². The van der Waals surface area contributed by atoms with Gasteiger partial charge in [-0.25, -0.2) is 0 Å². The molecule has 0 spiro atoms. The second-order valence-electron chi connectivity index (χ2n) is 1.93. The predicted molar refractivity (Wildman–Crippen MR) is 27.0 cm³/mol. The molecule has 0 saturated heterocycles. The first-order chi connectivity index (χ1) is 3.38. The first-order valence-electron chi connectivity index (χ1n) is 2.51. The Balaban J connectivity index is 2.17. The van der Waals surface area contributed by atoms with Crippen LogP contribution in [0.5, 0.6) is 0 Å². The normalized spacial score (nSPS) is 37.9. The van der Waals surface area contributed by atoms with Gasteiger partial charge in [0.2, 0.25) is 0 Å². The van der Waals surface area contributed by atoms with Gasteiger partial charge >= 0.3 is 0 Å². The third-order valence-corrected chi connectivity index (χ3v) is 1.39. The highest BCUT2D eigenvalue weighted by atomic mass is 16.1. The summed E-state index contributed by atoms with van der Waals surface area (Å²) in [5.74, 6) is 0.324. The van der Waals surface area contributed by atoms with E-state index in [-0.39, 0.29) is 0 Å². The molecular formula is C5H9NO. The molecule has 1 N–H and O–H groups in total. The highest BCUT2D eigenvalue weighted by Crippen LogP contribution is 2.26. The van der Waals surface area contributed by atoms with Gasteiger partial charge in [0, 0.05) is 12.0 Å². The van der Waals surface area contributed by atoms with Crippen molar-refractivity contribution in [2.45, 2.75) is 12.5 Å². The number of carbonyl (C=O) groups is 1. The molecule has 1 saturated carbocycles. The molecule has 0 aliphatic heterocycles. The lowest BCUT2D eigenvalue weighted by Gasteiger charge is -1.84. The summed E-state index contributed by atoms with van der Waals surface area (Å²) in [7, 11) is 1.88. The third kappa shape index (κ3) is 0.800. The van der Waals surface area contributed by atoms with Crippen molar-refractivity contribution in [2.75, 3.05) is 7.05 Å². The Labute approximate surface area is 42.9 Å². The number of hydrogen-bond acceptors (Lipinski definition) is 2. The SMILES string of the molecule is CNC1CC1C=O. The van der Waals surface area contributed by atoms with Gasteiger partial charge < -0.3 is 10.1 Å². The standard InChI is InChI=1S/C5H9NO/c1-6-5-2-4(5)3-7/h3-6H,2H2,1H3.